The number of ether oxygens (including phenoxy) is 1. The molecule has 1 saturated heterocycles. The molecule has 0 unspecified atom stereocenters. The van der Waals surface area contributed by atoms with E-state index in [1.54, 1.807) is 36.4 Å². The summed E-state index contributed by atoms with van der Waals surface area (Å²) < 4.78 is 18.6. The highest BCUT2D eigenvalue weighted by molar-refractivity contribution is 6.09. The van der Waals surface area contributed by atoms with Crippen molar-refractivity contribution in [3.63, 3.8) is 0 Å². The van der Waals surface area contributed by atoms with Crippen LogP contribution in [0.2, 0.25) is 0 Å². The molecule has 0 radical (unpaired) electrons. The third kappa shape index (κ3) is 4.28. The van der Waals surface area contributed by atoms with Crippen molar-refractivity contribution in [2.24, 2.45) is 0 Å². The topological polar surface area (TPSA) is 115 Å². The highest BCUT2D eigenvalue weighted by Gasteiger charge is 2.22. The van der Waals surface area contributed by atoms with Crippen molar-refractivity contribution in [2.75, 3.05) is 36.5 Å². The number of aromatic nitrogens is 3. The molecule has 172 valence electrons. The number of hydrogen-bond donors (Lipinski definition) is 1. The van der Waals surface area contributed by atoms with Crippen LogP contribution in [0.15, 0.2) is 60.7 Å². The second-order valence-corrected chi connectivity index (χ2v) is 7.68. The van der Waals surface area contributed by atoms with Gasteiger partial charge in [-0.3, -0.25) is 14.9 Å². The number of benzene rings is 3. The Balaban J connectivity index is 1.44. The number of nitro benzene ring substituents is 1. The summed E-state index contributed by atoms with van der Waals surface area (Å²) in [6.07, 6.45) is 0. The van der Waals surface area contributed by atoms with Gasteiger partial charge in [-0.2, -0.15) is 4.80 Å². The highest BCUT2D eigenvalue weighted by atomic mass is 19.1. The minimum atomic E-state index is -0.528. The second kappa shape index (κ2) is 8.87. The molecule has 1 aromatic heterocycles. The SMILES string of the molecule is O=C(Nc1ccc2nn(-c3ccc(F)cc3)nc2c1)c1cc([N+](=O)[O-])ccc1N1CCOCC1. The van der Waals surface area contributed by atoms with Crippen LogP contribution in [0.3, 0.4) is 0 Å². The second-order valence-electron chi connectivity index (χ2n) is 7.68. The number of nitrogens with one attached hydrogen (secondary N) is 1. The summed E-state index contributed by atoms with van der Waals surface area (Å²) in [5.41, 5.74) is 2.81. The van der Waals surface area contributed by atoms with Crippen molar-refractivity contribution in [1.82, 2.24) is 15.0 Å². The van der Waals surface area contributed by atoms with Gasteiger partial charge in [0, 0.05) is 30.9 Å². The summed E-state index contributed by atoms with van der Waals surface area (Å²) in [4.78, 5) is 27.3. The number of nitrogens with zero attached hydrogens (tertiary/aromatic N) is 5. The lowest BCUT2D eigenvalue weighted by Gasteiger charge is -2.30. The molecule has 0 atom stereocenters. The van der Waals surface area contributed by atoms with Gasteiger partial charge in [0.15, 0.2) is 0 Å². The molecule has 34 heavy (non-hydrogen) atoms. The van der Waals surface area contributed by atoms with E-state index in [2.05, 4.69) is 15.5 Å². The first-order valence-corrected chi connectivity index (χ1v) is 10.5. The van der Waals surface area contributed by atoms with E-state index in [9.17, 15) is 19.3 Å². The molecule has 0 bridgehead atoms. The van der Waals surface area contributed by atoms with Gasteiger partial charge in [0.1, 0.15) is 16.9 Å². The summed E-state index contributed by atoms with van der Waals surface area (Å²) in [5.74, 6) is -0.835. The van der Waals surface area contributed by atoms with Crippen molar-refractivity contribution in [1.29, 1.82) is 0 Å². The Kier molecular flexibility index (Phi) is 5.60. The predicted octanol–water partition coefficient (Wildman–Crippen LogP) is 3.56. The first-order chi connectivity index (χ1) is 16.5. The van der Waals surface area contributed by atoms with Crippen LogP contribution >= 0.6 is 0 Å². The van der Waals surface area contributed by atoms with E-state index >= 15 is 0 Å². The van der Waals surface area contributed by atoms with Gasteiger partial charge in [0.25, 0.3) is 11.6 Å². The molecule has 1 amide bonds. The summed E-state index contributed by atoms with van der Waals surface area (Å²) >= 11 is 0. The first-order valence-electron chi connectivity index (χ1n) is 10.5. The average molecular weight is 462 g/mol. The van der Waals surface area contributed by atoms with E-state index in [1.165, 1.54) is 29.1 Å². The van der Waals surface area contributed by atoms with E-state index < -0.39 is 10.8 Å². The Morgan fingerprint density at radius 3 is 2.47 bits per heavy atom. The average Bonchev–Trinajstić information content (AvgIpc) is 3.28. The largest absolute Gasteiger partial charge is 0.378 e. The van der Waals surface area contributed by atoms with Crippen LogP contribution in [0.5, 0.6) is 0 Å². The van der Waals surface area contributed by atoms with E-state index in [0.717, 1.165) is 0 Å². The molecule has 10 nitrogen and oxygen atoms in total. The van der Waals surface area contributed by atoms with E-state index in [-0.39, 0.29) is 17.1 Å². The van der Waals surface area contributed by atoms with Crippen LogP contribution in [-0.4, -0.2) is 52.1 Å². The van der Waals surface area contributed by atoms with Gasteiger partial charge in [-0.05, 0) is 48.5 Å². The molecule has 0 aliphatic carbocycles. The van der Waals surface area contributed by atoms with Crippen LogP contribution in [0.1, 0.15) is 10.4 Å². The fourth-order valence-corrected chi connectivity index (χ4v) is 3.78. The molecule has 1 aliphatic heterocycles. The van der Waals surface area contributed by atoms with Crippen molar-refractivity contribution in [3.8, 4) is 5.69 Å². The zero-order chi connectivity index (χ0) is 23.7. The third-order valence-corrected chi connectivity index (χ3v) is 5.48. The van der Waals surface area contributed by atoms with Gasteiger partial charge in [-0.1, -0.05) is 0 Å². The monoisotopic (exact) mass is 462 g/mol. The molecule has 1 fully saturated rings. The number of amides is 1. The van der Waals surface area contributed by atoms with Crippen molar-refractivity contribution < 1.29 is 18.8 Å². The smallest absolute Gasteiger partial charge is 0.270 e. The highest BCUT2D eigenvalue weighted by Crippen LogP contribution is 2.28. The molecular formula is C23H19FN6O4. The number of anilines is 2. The zero-order valence-corrected chi connectivity index (χ0v) is 17.8. The minimum Gasteiger partial charge on any atom is -0.378 e. The third-order valence-electron chi connectivity index (χ3n) is 5.48. The van der Waals surface area contributed by atoms with Crippen molar-refractivity contribution in [2.45, 2.75) is 0 Å². The van der Waals surface area contributed by atoms with Crippen LogP contribution in [0.4, 0.5) is 21.5 Å². The Hall–Kier alpha value is -4.38. The Bertz CT molecular complexity index is 1380. The number of morpholine rings is 1. The number of hydrogen-bond acceptors (Lipinski definition) is 7. The quantitative estimate of drug-likeness (QED) is 0.356. The number of fused-ring (bicyclic) bond motifs is 1. The number of non-ortho nitro benzene ring substituents is 1. The van der Waals surface area contributed by atoms with Crippen molar-refractivity contribution in [3.05, 3.63) is 82.2 Å². The van der Waals surface area contributed by atoms with Crippen LogP contribution in [0.25, 0.3) is 16.7 Å². The first kappa shape index (κ1) is 21.5. The van der Waals surface area contributed by atoms with Gasteiger partial charge in [0.05, 0.1) is 35.1 Å². The number of nitro groups is 1. The molecule has 5 rings (SSSR count). The number of carbonyl (C=O) groups is 1. The standard InChI is InChI=1S/C23H19FN6O4/c24-15-1-4-17(5-2-15)29-26-20-7-3-16(13-21(20)27-29)25-23(31)19-14-18(30(32)33)6-8-22(19)28-9-11-34-12-10-28/h1-8,13-14H,9-12H2,(H,25,31). The molecule has 0 saturated carbocycles. The fraction of sp³-hybridized carbons (Fsp3) is 0.174. The fourth-order valence-electron chi connectivity index (χ4n) is 3.78. The predicted molar refractivity (Wildman–Crippen MR) is 123 cm³/mol. The molecule has 3 aromatic carbocycles. The molecular weight excluding hydrogens is 443 g/mol. The van der Waals surface area contributed by atoms with Gasteiger partial charge in [-0.25, -0.2) is 4.39 Å². The van der Waals surface area contributed by atoms with Gasteiger partial charge in [-0.15, -0.1) is 10.2 Å². The van der Waals surface area contributed by atoms with E-state index in [0.29, 0.717) is 54.4 Å². The molecule has 0 spiro atoms. The molecule has 2 heterocycles. The van der Waals surface area contributed by atoms with Gasteiger partial charge in [0.2, 0.25) is 0 Å². The van der Waals surface area contributed by atoms with Gasteiger partial charge >= 0.3 is 0 Å². The maximum Gasteiger partial charge on any atom is 0.270 e. The lowest BCUT2D eigenvalue weighted by Crippen LogP contribution is -2.37. The van der Waals surface area contributed by atoms with Crippen LogP contribution in [0, 0.1) is 15.9 Å². The minimum absolute atomic E-state index is 0.167. The molecule has 11 heteroatoms. The lowest BCUT2D eigenvalue weighted by atomic mass is 10.1. The normalized spacial score (nSPS) is 13.7. The van der Waals surface area contributed by atoms with E-state index in [4.69, 9.17) is 4.74 Å². The Morgan fingerprint density at radius 1 is 1.00 bits per heavy atom. The summed E-state index contributed by atoms with van der Waals surface area (Å²) in [6.45, 7) is 2.18. The molecule has 4 aromatic rings. The summed E-state index contributed by atoms with van der Waals surface area (Å²) in [7, 11) is 0. The Labute approximate surface area is 192 Å². The summed E-state index contributed by atoms with van der Waals surface area (Å²) in [6, 6.07) is 15.1. The maximum atomic E-state index is 13.2. The van der Waals surface area contributed by atoms with Gasteiger partial charge < -0.3 is 15.0 Å². The summed E-state index contributed by atoms with van der Waals surface area (Å²) in [5, 5.41) is 22.9. The van der Waals surface area contributed by atoms with Crippen LogP contribution < -0.4 is 10.2 Å². The zero-order valence-electron chi connectivity index (χ0n) is 17.8. The lowest BCUT2D eigenvalue weighted by molar-refractivity contribution is -0.384. The number of carbonyl (C=O) groups excluding carboxylic acids is 1. The van der Waals surface area contributed by atoms with Crippen LogP contribution in [-0.2, 0) is 4.74 Å². The number of halogens is 1. The molecule has 1 N–H and O–H groups in total. The number of rotatable bonds is 5. The molecule has 1 aliphatic rings. The van der Waals surface area contributed by atoms with E-state index in [1.807, 2.05) is 4.90 Å². The Morgan fingerprint density at radius 2 is 1.74 bits per heavy atom. The maximum absolute atomic E-state index is 13.2. The van der Waals surface area contributed by atoms with Crippen molar-refractivity contribution >= 4 is 34.0 Å².